The monoisotopic (exact) mass is 731 g/mol. The fourth-order valence-corrected chi connectivity index (χ4v) is 5.00. The third kappa shape index (κ3) is 5.68. The Balaban J connectivity index is 0.000000268. The minimum atomic E-state index is -2.17. The van der Waals surface area contributed by atoms with Crippen molar-refractivity contribution in [1.82, 2.24) is 14.8 Å². The van der Waals surface area contributed by atoms with E-state index in [-0.39, 0.29) is 37.4 Å². The number of nitrogens with zero attached hydrogens (tertiary/aromatic N) is 3. The Labute approximate surface area is 262 Å². The number of halogens is 2. The Hall–Kier alpha value is -3.47. The second kappa shape index (κ2) is 12.2. The Morgan fingerprint density at radius 3 is 2.34 bits per heavy atom. The number of hydrogen-bond donors (Lipinski definition) is 0. The molecule has 0 saturated heterocycles. The standard InChI is InChI=1S/C24H27N2.C11H6F2N.Ir/c1-6-10-17-13-14-21-20(15-17)23(2,3)24(4,5)22-19(16-25-26(21)22)18-11-8-7-9-12-18;12-8-4-5-9(10(13)7-8)11-3-1-2-6-14-11;/h7-9,11-13,15-16H,6,10H2,1-5H3;1-4,6-7H;/q2*-1;/i6D2,10D2,16D;;. The van der Waals surface area contributed by atoms with Crippen LogP contribution in [-0.4, -0.2) is 14.8 Å². The summed E-state index contributed by atoms with van der Waals surface area (Å²) in [6.07, 6.45) is -2.48. The van der Waals surface area contributed by atoms with Crippen LogP contribution in [0.2, 0.25) is 0 Å². The molecule has 1 aliphatic heterocycles. The predicted molar refractivity (Wildman–Crippen MR) is 156 cm³/mol. The number of aryl methyl sites for hydroxylation is 1. The van der Waals surface area contributed by atoms with E-state index in [4.69, 9.17) is 6.85 Å². The van der Waals surface area contributed by atoms with Gasteiger partial charge in [-0.05, 0) is 28.4 Å². The fraction of sp³-hybridized carbons (Fsp3) is 0.257. The van der Waals surface area contributed by atoms with E-state index < -0.39 is 35.2 Å². The summed E-state index contributed by atoms with van der Waals surface area (Å²) in [4.78, 5) is 3.95. The van der Waals surface area contributed by atoms with Gasteiger partial charge in [-0.2, -0.15) is 28.9 Å². The summed E-state index contributed by atoms with van der Waals surface area (Å²) in [6, 6.07) is 25.8. The normalized spacial score (nSPS) is 16.6. The summed E-state index contributed by atoms with van der Waals surface area (Å²) in [6.45, 7) is 9.71. The van der Waals surface area contributed by atoms with Crippen molar-refractivity contribution in [3.05, 3.63) is 126 Å². The molecule has 0 N–H and O–H groups in total. The molecule has 5 aromatic rings. The molecule has 213 valence electrons. The van der Waals surface area contributed by atoms with Crippen LogP contribution in [0, 0.1) is 23.8 Å². The first kappa shape index (κ1) is 24.2. The van der Waals surface area contributed by atoms with Crippen molar-refractivity contribution in [2.24, 2.45) is 0 Å². The molecule has 3 aromatic carbocycles. The van der Waals surface area contributed by atoms with Gasteiger partial charge in [-0.15, -0.1) is 17.7 Å². The average Bonchev–Trinajstić information content (AvgIpc) is 3.34. The molecular formula is C35H33F2IrN3-2. The Kier molecular flexibility index (Phi) is 7.18. The van der Waals surface area contributed by atoms with Crippen LogP contribution in [-0.2, 0) is 37.3 Å². The predicted octanol–water partition coefficient (Wildman–Crippen LogP) is 8.69. The van der Waals surface area contributed by atoms with Crippen LogP contribution in [0.1, 0.15) is 64.7 Å². The molecule has 6 heteroatoms. The summed E-state index contributed by atoms with van der Waals surface area (Å²) >= 11 is 0. The first-order chi connectivity index (χ1) is 21.0. The minimum Gasteiger partial charge on any atom is -0.305 e. The maximum atomic E-state index is 13.2. The molecule has 0 saturated carbocycles. The molecule has 2 aromatic heterocycles. The van der Waals surface area contributed by atoms with E-state index in [1.807, 2.05) is 30.3 Å². The SMILES string of the molecule is Fc1c[c-]c(-c2ccccn2)c(F)c1.[2H]c1nn2c(c1-c1ccccc1)C(C)(C)C(C)(C)c1cc(C([2H])([2H])C([2H])([2H])C)c[c-]c1-2.[Ir]. The van der Waals surface area contributed by atoms with Crippen LogP contribution < -0.4 is 0 Å². The van der Waals surface area contributed by atoms with Crippen molar-refractivity contribution in [3.63, 3.8) is 0 Å². The van der Waals surface area contributed by atoms with Crippen molar-refractivity contribution in [1.29, 1.82) is 0 Å². The topological polar surface area (TPSA) is 30.7 Å². The number of pyridine rings is 1. The van der Waals surface area contributed by atoms with Crippen molar-refractivity contribution in [2.75, 3.05) is 0 Å². The molecule has 0 aliphatic carbocycles. The zero-order chi connectivity index (χ0) is 32.9. The molecule has 1 radical (unpaired) electrons. The zero-order valence-electron chi connectivity index (χ0n) is 28.4. The largest absolute Gasteiger partial charge is 0.305 e. The minimum absolute atomic E-state index is 0. The van der Waals surface area contributed by atoms with Gasteiger partial charge in [0.1, 0.15) is 0 Å². The van der Waals surface area contributed by atoms with E-state index in [0.717, 1.165) is 34.5 Å². The van der Waals surface area contributed by atoms with Gasteiger partial charge in [0, 0.05) is 54.4 Å². The Bertz CT molecular complexity index is 1850. The summed E-state index contributed by atoms with van der Waals surface area (Å²) < 4.78 is 68.9. The van der Waals surface area contributed by atoms with E-state index in [2.05, 4.69) is 49.9 Å². The molecule has 0 bridgehead atoms. The zero-order valence-corrected chi connectivity index (χ0v) is 25.8. The van der Waals surface area contributed by atoms with Crippen LogP contribution in [0.15, 0.2) is 85.2 Å². The van der Waals surface area contributed by atoms with Gasteiger partial charge in [-0.1, -0.05) is 101 Å². The van der Waals surface area contributed by atoms with E-state index >= 15 is 0 Å². The molecule has 0 fully saturated rings. The van der Waals surface area contributed by atoms with Crippen molar-refractivity contribution in [3.8, 4) is 28.1 Å². The molecule has 3 heterocycles. The third-order valence-electron chi connectivity index (χ3n) is 7.78. The number of aromatic nitrogens is 3. The van der Waals surface area contributed by atoms with Gasteiger partial charge in [0.15, 0.2) is 0 Å². The van der Waals surface area contributed by atoms with E-state index in [1.165, 1.54) is 13.0 Å². The Morgan fingerprint density at radius 1 is 0.951 bits per heavy atom. The molecule has 0 amide bonds. The van der Waals surface area contributed by atoms with Gasteiger partial charge in [0.25, 0.3) is 0 Å². The maximum Gasteiger partial charge on any atom is 0.0867 e. The molecule has 41 heavy (non-hydrogen) atoms. The number of hydrogen-bond acceptors (Lipinski definition) is 2. The third-order valence-corrected chi connectivity index (χ3v) is 7.78. The quantitative estimate of drug-likeness (QED) is 0.173. The second-order valence-corrected chi connectivity index (χ2v) is 10.6. The molecule has 3 nitrogen and oxygen atoms in total. The molecule has 0 atom stereocenters. The van der Waals surface area contributed by atoms with Crippen LogP contribution in [0.5, 0.6) is 0 Å². The molecular weight excluding hydrogens is 693 g/mol. The van der Waals surface area contributed by atoms with Gasteiger partial charge in [-0.3, -0.25) is 13.5 Å². The van der Waals surface area contributed by atoms with Crippen LogP contribution in [0.25, 0.3) is 28.1 Å². The van der Waals surface area contributed by atoms with E-state index in [1.54, 1.807) is 35.1 Å². The van der Waals surface area contributed by atoms with Crippen LogP contribution in [0.3, 0.4) is 0 Å². The van der Waals surface area contributed by atoms with E-state index in [9.17, 15) is 8.78 Å². The maximum absolute atomic E-state index is 13.2. The summed E-state index contributed by atoms with van der Waals surface area (Å²) in [7, 11) is 0. The molecule has 0 spiro atoms. The number of benzene rings is 3. The number of rotatable bonds is 4. The van der Waals surface area contributed by atoms with Gasteiger partial charge in [-0.25, -0.2) is 0 Å². The van der Waals surface area contributed by atoms with E-state index in [0.29, 0.717) is 11.4 Å². The average molecular weight is 731 g/mol. The molecule has 1 aliphatic rings. The summed E-state index contributed by atoms with van der Waals surface area (Å²) in [5, 5.41) is 4.55. The van der Waals surface area contributed by atoms with Crippen LogP contribution in [0.4, 0.5) is 8.78 Å². The second-order valence-electron chi connectivity index (χ2n) is 10.6. The first-order valence-electron chi connectivity index (χ1n) is 15.5. The summed E-state index contributed by atoms with van der Waals surface area (Å²) in [5.41, 5.74) is 4.20. The summed E-state index contributed by atoms with van der Waals surface area (Å²) in [5.74, 6) is -1.29. The van der Waals surface area contributed by atoms with Gasteiger partial charge in [0.2, 0.25) is 0 Å². The first-order valence-corrected chi connectivity index (χ1v) is 13.0. The smallest absolute Gasteiger partial charge is 0.0867 e. The van der Waals surface area contributed by atoms with Crippen molar-refractivity contribution < 1.29 is 35.7 Å². The van der Waals surface area contributed by atoms with Gasteiger partial charge in [0.05, 0.1) is 13.2 Å². The molecule has 0 unspecified atom stereocenters. The number of fused-ring (bicyclic) bond motifs is 3. The van der Waals surface area contributed by atoms with Gasteiger partial charge < -0.3 is 4.98 Å². The van der Waals surface area contributed by atoms with Gasteiger partial charge >= 0.3 is 0 Å². The molecule has 6 rings (SSSR count). The van der Waals surface area contributed by atoms with Crippen molar-refractivity contribution in [2.45, 2.75) is 58.2 Å². The van der Waals surface area contributed by atoms with Crippen molar-refractivity contribution >= 4 is 0 Å². The fourth-order valence-electron chi connectivity index (χ4n) is 5.00. The Morgan fingerprint density at radius 2 is 1.68 bits per heavy atom. The van der Waals surface area contributed by atoms with Crippen LogP contribution >= 0.6 is 0 Å².